The van der Waals surface area contributed by atoms with E-state index in [0.29, 0.717) is 24.6 Å². The van der Waals surface area contributed by atoms with Gasteiger partial charge in [-0.2, -0.15) is 4.31 Å². The SMILES string of the molecule is COc1ccc(OC)c(S(=O)(=O)N2CCCC(c3nnc(Cc4ccccc4)s3)C2)c1. The Morgan fingerprint density at radius 2 is 1.90 bits per heavy atom. The van der Waals surface area contributed by atoms with Gasteiger partial charge in [-0.25, -0.2) is 8.42 Å². The van der Waals surface area contributed by atoms with Crippen molar-refractivity contribution in [1.29, 1.82) is 0 Å². The summed E-state index contributed by atoms with van der Waals surface area (Å²) in [5.74, 6) is 0.814. The minimum Gasteiger partial charge on any atom is -0.497 e. The maximum absolute atomic E-state index is 13.4. The minimum atomic E-state index is -3.74. The molecule has 0 radical (unpaired) electrons. The van der Waals surface area contributed by atoms with Gasteiger partial charge in [0, 0.05) is 31.5 Å². The van der Waals surface area contributed by atoms with E-state index < -0.39 is 10.0 Å². The van der Waals surface area contributed by atoms with Gasteiger partial charge in [-0.3, -0.25) is 0 Å². The Bertz CT molecular complexity index is 1130. The van der Waals surface area contributed by atoms with Gasteiger partial charge >= 0.3 is 0 Å². The molecule has 1 aromatic heterocycles. The fourth-order valence-electron chi connectivity index (χ4n) is 3.76. The molecular weight excluding hydrogens is 434 g/mol. The molecule has 9 heteroatoms. The van der Waals surface area contributed by atoms with Crippen LogP contribution in [0.2, 0.25) is 0 Å². The van der Waals surface area contributed by atoms with E-state index in [1.165, 1.54) is 30.2 Å². The lowest BCUT2D eigenvalue weighted by atomic mass is 10.0. The van der Waals surface area contributed by atoms with Gasteiger partial charge < -0.3 is 9.47 Å². The van der Waals surface area contributed by atoms with Crippen LogP contribution in [-0.2, 0) is 16.4 Å². The van der Waals surface area contributed by atoms with E-state index >= 15 is 0 Å². The molecule has 1 saturated heterocycles. The van der Waals surface area contributed by atoms with Gasteiger partial charge in [0.05, 0.1) is 14.2 Å². The van der Waals surface area contributed by atoms with E-state index in [-0.39, 0.29) is 10.8 Å². The number of hydrogen-bond donors (Lipinski definition) is 0. The first-order valence-corrected chi connectivity index (χ1v) is 12.4. The lowest BCUT2D eigenvalue weighted by Gasteiger charge is -2.31. The highest BCUT2D eigenvalue weighted by Gasteiger charge is 2.34. The van der Waals surface area contributed by atoms with Crippen molar-refractivity contribution in [2.75, 3.05) is 27.3 Å². The van der Waals surface area contributed by atoms with Crippen molar-refractivity contribution in [3.05, 3.63) is 64.1 Å². The van der Waals surface area contributed by atoms with Crippen LogP contribution in [0.5, 0.6) is 11.5 Å². The third-order valence-electron chi connectivity index (χ3n) is 5.40. The van der Waals surface area contributed by atoms with Crippen LogP contribution in [0, 0.1) is 0 Å². The summed E-state index contributed by atoms with van der Waals surface area (Å²) in [4.78, 5) is 0.122. The van der Waals surface area contributed by atoms with Gasteiger partial charge in [0.1, 0.15) is 26.4 Å². The van der Waals surface area contributed by atoms with Crippen LogP contribution < -0.4 is 9.47 Å². The predicted octanol–water partition coefficient (Wildman–Crippen LogP) is 3.71. The second kappa shape index (κ2) is 9.33. The maximum atomic E-state index is 13.4. The molecule has 1 aliphatic rings. The van der Waals surface area contributed by atoms with Crippen molar-refractivity contribution in [1.82, 2.24) is 14.5 Å². The van der Waals surface area contributed by atoms with Crippen molar-refractivity contribution in [2.45, 2.75) is 30.1 Å². The van der Waals surface area contributed by atoms with E-state index in [4.69, 9.17) is 9.47 Å². The average molecular weight is 460 g/mol. The molecular formula is C22H25N3O4S2. The lowest BCUT2D eigenvalue weighted by Crippen LogP contribution is -2.39. The number of ether oxygens (including phenoxy) is 2. The molecule has 3 aromatic rings. The predicted molar refractivity (Wildman–Crippen MR) is 119 cm³/mol. The monoisotopic (exact) mass is 459 g/mol. The minimum absolute atomic E-state index is 0.0298. The van der Waals surface area contributed by atoms with E-state index in [9.17, 15) is 8.42 Å². The first-order chi connectivity index (χ1) is 15.0. The van der Waals surface area contributed by atoms with Gasteiger partial charge in [-0.15, -0.1) is 21.5 Å². The zero-order valence-corrected chi connectivity index (χ0v) is 19.2. The molecule has 2 heterocycles. The molecule has 0 saturated carbocycles. The number of sulfonamides is 1. The Labute approximate surface area is 186 Å². The molecule has 2 aromatic carbocycles. The van der Waals surface area contributed by atoms with E-state index in [2.05, 4.69) is 22.3 Å². The normalized spacial score (nSPS) is 17.4. The van der Waals surface area contributed by atoms with Crippen LogP contribution in [0.15, 0.2) is 53.4 Å². The van der Waals surface area contributed by atoms with Crippen LogP contribution in [0.1, 0.15) is 34.3 Å². The smallest absolute Gasteiger partial charge is 0.246 e. The van der Waals surface area contributed by atoms with Crippen molar-refractivity contribution >= 4 is 21.4 Å². The zero-order valence-electron chi connectivity index (χ0n) is 17.5. The number of methoxy groups -OCH3 is 2. The molecule has 164 valence electrons. The standard InChI is InChI=1S/C22H25N3O4S2/c1-28-18-10-11-19(29-2)20(14-18)31(26,27)25-12-6-9-17(15-25)22-24-23-21(30-22)13-16-7-4-3-5-8-16/h3-5,7-8,10-11,14,17H,6,9,12-13,15H2,1-2H3. The fraction of sp³-hybridized carbons (Fsp3) is 0.364. The highest BCUT2D eigenvalue weighted by Crippen LogP contribution is 2.35. The second-order valence-corrected chi connectivity index (χ2v) is 10.4. The molecule has 1 unspecified atom stereocenters. The van der Waals surface area contributed by atoms with Gasteiger partial charge in [0.15, 0.2) is 0 Å². The van der Waals surface area contributed by atoms with Gasteiger partial charge in [0.2, 0.25) is 10.0 Å². The molecule has 0 bridgehead atoms. The van der Waals surface area contributed by atoms with Crippen molar-refractivity contribution in [3.8, 4) is 11.5 Å². The first kappa shape index (κ1) is 21.7. The molecule has 1 aliphatic heterocycles. The largest absolute Gasteiger partial charge is 0.497 e. The third-order valence-corrected chi connectivity index (χ3v) is 8.37. The molecule has 31 heavy (non-hydrogen) atoms. The first-order valence-electron chi connectivity index (χ1n) is 10.1. The third kappa shape index (κ3) is 4.73. The summed E-state index contributed by atoms with van der Waals surface area (Å²) in [6, 6.07) is 15.0. The summed E-state index contributed by atoms with van der Waals surface area (Å²) in [5.41, 5.74) is 1.18. The summed E-state index contributed by atoms with van der Waals surface area (Å²) in [5, 5.41) is 10.6. The molecule has 1 fully saturated rings. The average Bonchev–Trinajstić information content (AvgIpc) is 3.28. The van der Waals surface area contributed by atoms with Crippen LogP contribution >= 0.6 is 11.3 Å². The Morgan fingerprint density at radius 3 is 2.65 bits per heavy atom. The second-order valence-electron chi connectivity index (χ2n) is 7.42. The van der Waals surface area contributed by atoms with Gasteiger partial charge in [-0.1, -0.05) is 30.3 Å². The Kier molecular flexibility index (Phi) is 6.54. The van der Waals surface area contributed by atoms with Crippen LogP contribution in [0.25, 0.3) is 0 Å². The molecule has 0 aliphatic carbocycles. The molecule has 0 amide bonds. The molecule has 0 N–H and O–H groups in total. The van der Waals surface area contributed by atoms with Crippen molar-refractivity contribution < 1.29 is 17.9 Å². The van der Waals surface area contributed by atoms with Gasteiger partial charge in [0.25, 0.3) is 0 Å². The zero-order chi connectivity index (χ0) is 21.8. The lowest BCUT2D eigenvalue weighted by molar-refractivity contribution is 0.312. The molecule has 1 atom stereocenters. The Morgan fingerprint density at radius 1 is 1.10 bits per heavy atom. The quantitative estimate of drug-likeness (QED) is 0.536. The van der Waals surface area contributed by atoms with E-state index in [1.807, 2.05) is 18.2 Å². The number of hydrogen-bond acceptors (Lipinski definition) is 7. The number of rotatable bonds is 7. The number of aromatic nitrogens is 2. The highest BCUT2D eigenvalue weighted by atomic mass is 32.2. The Balaban J connectivity index is 1.54. The summed E-state index contributed by atoms with van der Waals surface area (Å²) in [6.07, 6.45) is 2.39. The number of benzene rings is 2. The van der Waals surface area contributed by atoms with Gasteiger partial charge in [-0.05, 0) is 30.5 Å². The highest BCUT2D eigenvalue weighted by molar-refractivity contribution is 7.89. The number of piperidine rings is 1. The summed E-state index contributed by atoms with van der Waals surface area (Å²) < 4.78 is 38.9. The maximum Gasteiger partial charge on any atom is 0.246 e. The molecule has 7 nitrogen and oxygen atoms in total. The van der Waals surface area contributed by atoms with Crippen LogP contribution in [-0.4, -0.2) is 50.2 Å². The summed E-state index contributed by atoms with van der Waals surface area (Å²) >= 11 is 1.57. The summed E-state index contributed by atoms with van der Waals surface area (Å²) in [6.45, 7) is 0.845. The Hall–Kier alpha value is -2.49. The van der Waals surface area contributed by atoms with Crippen LogP contribution in [0.4, 0.5) is 0 Å². The van der Waals surface area contributed by atoms with Crippen LogP contribution in [0.3, 0.4) is 0 Å². The summed E-state index contributed by atoms with van der Waals surface area (Å²) in [7, 11) is -0.756. The molecule has 0 spiro atoms. The fourth-order valence-corrected chi connectivity index (χ4v) is 6.46. The van der Waals surface area contributed by atoms with Crippen molar-refractivity contribution in [2.24, 2.45) is 0 Å². The van der Waals surface area contributed by atoms with E-state index in [0.717, 1.165) is 29.3 Å². The number of nitrogens with zero attached hydrogens (tertiary/aromatic N) is 3. The molecule has 4 rings (SSSR count). The topological polar surface area (TPSA) is 81.6 Å². The van der Waals surface area contributed by atoms with Crippen molar-refractivity contribution in [3.63, 3.8) is 0 Å². The van der Waals surface area contributed by atoms with E-state index in [1.54, 1.807) is 23.5 Å².